The van der Waals surface area contributed by atoms with Crippen molar-refractivity contribution < 1.29 is 14.0 Å². The van der Waals surface area contributed by atoms with Gasteiger partial charge in [0.2, 0.25) is 11.8 Å². The van der Waals surface area contributed by atoms with Crippen LogP contribution in [0.3, 0.4) is 0 Å². The summed E-state index contributed by atoms with van der Waals surface area (Å²) in [4.78, 5) is 28.0. The van der Waals surface area contributed by atoms with Crippen molar-refractivity contribution in [3.63, 3.8) is 0 Å². The van der Waals surface area contributed by atoms with Gasteiger partial charge in [0.15, 0.2) is 0 Å². The lowest BCUT2D eigenvalue weighted by Crippen LogP contribution is -2.49. The molecule has 1 atom stereocenters. The minimum Gasteiger partial charge on any atom is -0.352 e. The molecule has 0 bridgehead atoms. The number of hydrogen-bond acceptors (Lipinski definition) is 3. The van der Waals surface area contributed by atoms with Gasteiger partial charge in [-0.25, -0.2) is 4.39 Å². The third kappa shape index (κ3) is 7.65. The zero-order valence-corrected chi connectivity index (χ0v) is 19.1. The Morgan fingerprint density at radius 2 is 1.77 bits per heavy atom. The van der Waals surface area contributed by atoms with Gasteiger partial charge in [-0.1, -0.05) is 29.8 Å². The average Bonchev–Trinajstić information content (AvgIpc) is 2.70. The Balaban J connectivity index is 2.00. The molecule has 1 N–H and O–H groups in total. The molecule has 2 aromatic rings. The van der Waals surface area contributed by atoms with Gasteiger partial charge in [0, 0.05) is 34.5 Å². The molecular weight excluding hydrogens is 423 g/mol. The Kier molecular flexibility index (Phi) is 9.66. The van der Waals surface area contributed by atoms with Crippen LogP contribution in [0.4, 0.5) is 4.39 Å². The smallest absolute Gasteiger partial charge is 0.242 e. The molecule has 2 aromatic carbocycles. The lowest BCUT2D eigenvalue weighted by molar-refractivity contribution is -0.140. The first kappa shape index (κ1) is 24.2. The number of hydrogen-bond donors (Lipinski definition) is 1. The number of carbonyl (C=O) groups is 2. The molecule has 2 amide bonds. The Labute approximate surface area is 187 Å². The molecule has 0 spiro atoms. The Hall–Kier alpha value is -2.05. The zero-order chi connectivity index (χ0) is 22.1. The summed E-state index contributed by atoms with van der Waals surface area (Å²) in [5.41, 5.74) is 0.394. The summed E-state index contributed by atoms with van der Waals surface area (Å²) >= 11 is 7.54. The second-order valence-corrected chi connectivity index (χ2v) is 8.96. The summed E-state index contributed by atoms with van der Waals surface area (Å²) in [6.45, 7) is 5.46. The third-order valence-corrected chi connectivity index (χ3v) is 5.86. The van der Waals surface area contributed by atoms with Crippen molar-refractivity contribution in [2.75, 3.05) is 5.75 Å². The number of halogens is 2. The number of amides is 2. The number of carbonyl (C=O) groups excluding carboxylic acids is 2. The molecule has 0 heterocycles. The Morgan fingerprint density at radius 1 is 1.10 bits per heavy atom. The van der Waals surface area contributed by atoms with Crippen LogP contribution in [0.15, 0.2) is 53.4 Å². The molecule has 0 aromatic heterocycles. The van der Waals surface area contributed by atoms with E-state index in [1.54, 1.807) is 36.9 Å². The van der Waals surface area contributed by atoms with Crippen molar-refractivity contribution in [3.05, 3.63) is 64.9 Å². The lowest BCUT2D eigenvalue weighted by atomic mass is 10.1. The summed E-state index contributed by atoms with van der Waals surface area (Å²) < 4.78 is 14.2. The maximum absolute atomic E-state index is 14.2. The van der Waals surface area contributed by atoms with Crippen molar-refractivity contribution in [3.8, 4) is 0 Å². The van der Waals surface area contributed by atoms with E-state index >= 15 is 0 Å². The summed E-state index contributed by atoms with van der Waals surface area (Å²) in [5, 5.41) is 3.52. The van der Waals surface area contributed by atoms with Gasteiger partial charge in [-0.3, -0.25) is 9.59 Å². The minimum atomic E-state index is -0.691. The second-order valence-electron chi connectivity index (χ2n) is 7.36. The predicted octanol–water partition coefficient (Wildman–Crippen LogP) is 5.29. The monoisotopic (exact) mass is 450 g/mol. The molecule has 4 nitrogen and oxygen atoms in total. The van der Waals surface area contributed by atoms with Gasteiger partial charge in [-0.2, -0.15) is 0 Å². The fourth-order valence-electron chi connectivity index (χ4n) is 2.89. The third-order valence-electron chi connectivity index (χ3n) is 4.51. The molecule has 30 heavy (non-hydrogen) atoms. The highest BCUT2D eigenvalue weighted by molar-refractivity contribution is 7.99. The van der Waals surface area contributed by atoms with Crippen molar-refractivity contribution in [2.45, 2.75) is 57.1 Å². The topological polar surface area (TPSA) is 49.4 Å². The van der Waals surface area contributed by atoms with E-state index < -0.39 is 6.04 Å². The van der Waals surface area contributed by atoms with Crippen LogP contribution in [-0.2, 0) is 16.1 Å². The largest absolute Gasteiger partial charge is 0.352 e. The zero-order valence-electron chi connectivity index (χ0n) is 17.5. The number of nitrogens with zero attached hydrogens (tertiary/aromatic N) is 1. The van der Waals surface area contributed by atoms with Crippen molar-refractivity contribution in [2.24, 2.45) is 0 Å². The lowest BCUT2D eigenvalue weighted by Gasteiger charge is -2.29. The second kappa shape index (κ2) is 12.0. The minimum absolute atomic E-state index is 0.0406. The van der Waals surface area contributed by atoms with Gasteiger partial charge in [0.25, 0.3) is 0 Å². The van der Waals surface area contributed by atoms with E-state index in [0.29, 0.717) is 17.0 Å². The Bertz CT molecular complexity index is 845. The molecule has 2 rings (SSSR count). The van der Waals surface area contributed by atoms with Crippen LogP contribution < -0.4 is 5.32 Å². The van der Waals surface area contributed by atoms with E-state index in [0.717, 1.165) is 10.6 Å². The molecule has 162 valence electrons. The van der Waals surface area contributed by atoms with Crippen molar-refractivity contribution >= 4 is 35.2 Å². The number of nitrogens with one attached hydrogen (secondary N) is 1. The fourth-order valence-corrected chi connectivity index (χ4v) is 3.86. The van der Waals surface area contributed by atoms with E-state index in [-0.39, 0.29) is 36.6 Å². The van der Waals surface area contributed by atoms with Crippen LogP contribution in [0, 0.1) is 5.82 Å². The summed E-state index contributed by atoms with van der Waals surface area (Å²) in [5.74, 6) is -0.0373. The molecule has 0 fully saturated rings. The van der Waals surface area contributed by atoms with Gasteiger partial charge in [0.05, 0.1) is 0 Å². The predicted molar refractivity (Wildman–Crippen MR) is 121 cm³/mol. The maximum atomic E-state index is 14.2. The van der Waals surface area contributed by atoms with Gasteiger partial charge in [-0.05, 0) is 63.3 Å². The number of rotatable bonds is 10. The van der Waals surface area contributed by atoms with E-state index in [1.165, 1.54) is 11.0 Å². The van der Waals surface area contributed by atoms with Crippen LogP contribution >= 0.6 is 23.4 Å². The van der Waals surface area contributed by atoms with Gasteiger partial charge < -0.3 is 10.2 Å². The standard InChI is InChI=1S/C23H28ClFN2O2S/c1-16(2)26-23(29)17(3)27(15-18-7-4-5-8-21(18)25)22(28)9-6-14-30-20-12-10-19(24)11-13-20/h4-5,7-8,10-13,16-17H,6,9,14-15H2,1-3H3,(H,26,29). The Morgan fingerprint density at radius 3 is 2.40 bits per heavy atom. The summed E-state index contributed by atoms with van der Waals surface area (Å²) in [7, 11) is 0. The first-order valence-corrected chi connectivity index (χ1v) is 11.4. The van der Waals surface area contributed by atoms with E-state index in [9.17, 15) is 14.0 Å². The van der Waals surface area contributed by atoms with E-state index in [1.807, 2.05) is 38.1 Å². The van der Waals surface area contributed by atoms with E-state index in [4.69, 9.17) is 11.6 Å². The quantitative estimate of drug-likeness (QED) is 0.395. The van der Waals surface area contributed by atoms with Crippen LogP contribution in [0.1, 0.15) is 39.2 Å². The number of benzene rings is 2. The van der Waals surface area contributed by atoms with Crippen molar-refractivity contribution in [1.82, 2.24) is 10.2 Å². The first-order chi connectivity index (χ1) is 14.3. The highest BCUT2D eigenvalue weighted by Gasteiger charge is 2.26. The maximum Gasteiger partial charge on any atom is 0.242 e. The van der Waals surface area contributed by atoms with Gasteiger partial charge >= 0.3 is 0 Å². The molecule has 0 aliphatic carbocycles. The molecule has 1 unspecified atom stereocenters. The molecule has 0 saturated carbocycles. The SMILES string of the molecule is CC(C)NC(=O)C(C)N(Cc1ccccc1F)C(=O)CCCSc1ccc(Cl)cc1. The van der Waals surface area contributed by atoms with Crippen molar-refractivity contribution in [1.29, 1.82) is 0 Å². The van der Waals surface area contributed by atoms with E-state index in [2.05, 4.69) is 5.32 Å². The molecule has 0 radical (unpaired) electrons. The van der Waals surface area contributed by atoms with Crippen LogP contribution in [0.25, 0.3) is 0 Å². The van der Waals surface area contributed by atoms with Crippen LogP contribution in [0.5, 0.6) is 0 Å². The average molecular weight is 451 g/mol. The first-order valence-electron chi connectivity index (χ1n) is 9.99. The normalized spacial score (nSPS) is 11.9. The summed E-state index contributed by atoms with van der Waals surface area (Å²) in [6.07, 6.45) is 0.937. The number of thioether (sulfide) groups is 1. The fraction of sp³-hybridized carbons (Fsp3) is 0.391. The van der Waals surface area contributed by atoms with Crippen LogP contribution in [-0.4, -0.2) is 34.6 Å². The molecule has 7 heteroatoms. The highest BCUT2D eigenvalue weighted by atomic mass is 35.5. The highest BCUT2D eigenvalue weighted by Crippen LogP contribution is 2.22. The van der Waals surface area contributed by atoms with Gasteiger partial charge in [0.1, 0.15) is 11.9 Å². The molecule has 0 aliphatic heterocycles. The molecular formula is C23H28ClFN2O2S. The van der Waals surface area contributed by atoms with Gasteiger partial charge in [-0.15, -0.1) is 11.8 Å². The van der Waals surface area contributed by atoms with Crippen LogP contribution in [0.2, 0.25) is 5.02 Å². The molecule has 0 aliphatic rings. The molecule has 0 saturated heterocycles. The summed E-state index contributed by atoms with van der Waals surface area (Å²) in [6, 6.07) is 13.1.